The van der Waals surface area contributed by atoms with Crippen LogP contribution in [-0.2, 0) is 0 Å². The number of β-amino-alcohol motifs (C(OH)–C–C–N with tert-alkyl or cyclic N) is 1. The van der Waals surface area contributed by atoms with Crippen LogP contribution >= 0.6 is 11.8 Å². The van der Waals surface area contributed by atoms with Crippen LogP contribution in [0.4, 0.5) is 0 Å². The first-order chi connectivity index (χ1) is 9.76. The maximum absolute atomic E-state index is 9.51. The number of hydrogen-bond acceptors (Lipinski definition) is 6. The summed E-state index contributed by atoms with van der Waals surface area (Å²) < 4.78 is 5.29. The van der Waals surface area contributed by atoms with Gasteiger partial charge in [0.2, 0.25) is 11.7 Å². The summed E-state index contributed by atoms with van der Waals surface area (Å²) in [5, 5.41) is 16.7. The van der Waals surface area contributed by atoms with Gasteiger partial charge in [-0.3, -0.25) is 0 Å². The van der Waals surface area contributed by atoms with Gasteiger partial charge in [-0.2, -0.15) is 4.98 Å². The molecule has 106 valence electrons. The van der Waals surface area contributed by atoms with Crippen molar-refractivity contribution in [1.29, 1.82) is 0 Å². The first kappa shape index (κ1) is 13.6. The number of rotatable bonds is 4. The zero-order chi connectivity index (χ0) is 13.9. The lowest BCUT2D eigenvalue weighted by molar-refractivity contribution is 0.191. The summed E-state index contributed by atoms with van der Waals surface area (Å²) >= 11 is 1.80. The minimum absolute atomic E-state index is 0.0406. The van der Waals surface area contributed by atoms with Gasteiger partial charge in [-0.25, -0.2) is 0 Å². The Morgan fingerprint density at radius 3 is 2.85 bits per heavy atom. The van der Waals surface area contributed by atoms with Crippen molar-refractivity contribution < 1.29 is 9.63 Å². The molecule has 3 rings (SSSR count). The molecule has 0 spiro atoms. The smallest absolute Gasteiger partial charge is 0.244 e. The first-order valence-electron chi connectivity index (χ1n) is 6.74. The number of aliphatic hydroxyl groups excluding tert-OH is 1. The highest BCUT2D eigenvalue weighted by Gasteiger charge is 2.28. The quantitative estimate of drug-likeness (QED) is 0.842. The van der Waals surface area contributed by atoms with E-state index in [1.54, 1.807) is 11.8 Å². The lowest BCUT2D eigenvalue weighted by Gasteiger charge is -2.01. The predicted molar refractivity (Wildman–Crippen MR) is 77.5 cm³/mol. The Bertz CT molecular complexity index is 570. The number of aliphatic hydroxyl groups is 1. The molecule has 0 amide bonds. The summed E-state index contributed by atoms with van der Waals surface area (Å²) in [5.74, 6) is 2.20. The molecule has 1 aliphatic heterocycles. The van der Waals surface area contributed by atoms with Gasteiger partial charge in [-0.05, 0) is 36.4 Å². The van der Waals surface area contributed by atoms with Gasteiger partial charge in [0, 0.05) is 17.0 Å². The molecule has 0 aliphatic carbocycles. The lowest BCUT2D eigenvalue weighted by atomic mass is 10.2. The molecule has 6 heteroatoms. The highest BCUT2D eigenvalue weighted by molar-refractivity contribution is 7.99. The van der Waals surface area contributed by atoms with Gasteiger partial charge < -0.3 is 14.9 Å². The van der Waals surface area contributed by atoms with Crippen LogP contribution in [0, 0.1) is 0 Å². The summed E-state index contributed by atoms with van der Waals surface area (Å²) in [6, 6.07) is 8.10. The Balaban J connectivity index is 1.76. The van der Waals surface area contributed by atoms with E-state index in [0.29, 0.717) is 24.7 Å². The maximum Gasteiger partial charge on any atom is 0.244 e. The SMILES string of the molecule is CCSc1ccc(-c2noc(C3CC(O)CN3)n2)cc1. The Morgan fingerprint density at radius 1 is 1.40 bits per heavy atom. The minimum atomic E-state index is -0.333. The summed E-state index contributed by atoms with van der Waals surface area (Å²) in [4.78, 5) is 5.65. The van der Waals surface area contributed by atoms with Crippen LogP contribution in [0.2, 0.25) is 0 Å². The Morgan fingerprint density at radius 2 is 2.20 bits per heavy atom. The average molecular weight is 291 g/mol. The van der Waals surface area contributed by atoms with E-state index in [9.17, 15) is 5.11 Å². The van der Waals surface area contributed by atoms with E-state index in [-0.39, 0.29) is 12.1 Å². The summed E-state index contributed by atoms with van der Waals surface area (Å²) in [5.41, 5.74) is 0.944. The molecule has 5 nitrogen and oxygen atoms in total. The number of hydrogen-bond donors (Lipinski definition) is 2. The number of nitrogens with zero attached hydrogens (tertiary/aromatic N) is 2. The molecule has 1 aromatic heterocycles. The zero-order valence-corrected chi connectivity index (χ0v) is 12.1. The Hall–Kier alpha value is -1.37. The van der Waals surface area contributed by atoms with Crippen LogP contribution in [0.15, 0.2) is 33.7 Å². The predicted octanol–water partition coefficient (Wildman–Crippen LogP) is 2.24. The van der Waals surface area contributed by atoms with E-state index in [1.807, 2.05) is 12.1 Å². The van der Waals surface area contributed by atoms with E-state index in [2.05, 4.69) is 34.5 Å². The fraction of sp³-hybridized carbons (Fsp3) is 0.429. The third-order valence-corrected chi connectivity index (χ3v) is 4.17. The highest BCUT2D eigenvalue weighted by atomic mass is 32.2. The molecule has 1 fully saturated rings. The molecule has 0 radical (unpaired) electrons. The standard InChI is InChI=1S/C14H17N3O2S/c1-2-20-11-5-3-9(4-6-11)13-16-14(19-17-13)12-7-10(18)8-15-12/h3-6,10,12,15,18H,2,7-8H2,1H3. The second-order valence-electron chi connectivity index (χ2n) is 4.76. The van der Waals surface area contributed by atoms with Crippen LogP contribution < -0.4 is 5.32 Å². The molecule has 2 atom stereocenters. The van der Waals surface area contributed by atoms with Crippen LogP contribution in [0.3, 0.4) is 0 Å². The number of benzene rings is 1. The monoisotopic (exact) mass is 291 g/mol. The van der Waals surface area contributed by atoms with Crippen molar-refractivity contribution >= 4 is 11.8 Å². The number of aromatic nitrogens is 2. The molecule has 2 aromatic rings. The molecule has 20 heavy (non-hydrogen) atoms. The maximum atomic E-state index is 9.51. The van der Waals surface area contributed by atoms with E-state index in [4.69, 9.17) is 4.52 Å². The van der Waals surface area contributed by atoms with Crippen LogP contribution in [0.1, 0.15) is 25.3 Å². The van der Waals surface area contributed by atoms with Crippen molar-refractivity contribution in [3.63, 3.8) is 0 Å². The third kappa shape index (κ3) is 2.87. The molecule has 1 aromatic carbocycles. The van der Waals surface area contributed by atoms with Gasteiger partial charge >= 0.3 is 0 Å². The summed E-state index contributed by atoms with van der Waals surface area (Å²) in [6.45, 7) is 2.71. The molecule has 0 saturated carbocycles. The van der Waals surface area contributed by atoms with Crippen LogP contribution in [-0.4, -0.2) is 33.6 Å². The van der Waals surface area contributed by atoms with E-state index in [1.165, 1.54) is 4.90 Å². The molecule has 0 bridgehead atoms. The van der Waals surface area contributed by atoms with E-state index >= 15 is 0 Å². The normalized spacial score (nSPS) is 22.3. The highest BCUT2D eigenvalue weighted by Crippen LogP contribution is 2.26. The molecule has 1 saturated heterocycles. The van der Waals surface area contributed by atoms with Crippen LogP contribution in [0.5, 0.6) is 0 Å². The van der Waals surface area contributed by atoms with E-state index < -0.39 is 0 Å². The van der Waals surface area contributed by atoms with Crippen molar-refractivity contribution in [2.24, 2.45) is 0 Å². The minimum Gasteiger partial charge on any atom is -0.392 e. The van der Waals surface area contributed by atoms with Crippen molar-refractivity contribution in [2.45, 2.75) is 30.4 Å². The van der Waals surface area contributed by atoms with Gasteiger partial charge in [-0.1, -0.05) is 12.1 Å². The zero-order valence-electron chi connectivity index (χ0n) is 11.2. The largest absolute Gasteiger partial charge is 0.392 e. The Labute approximate surface area is 121 Å². The average Bonchev–Trinajstić information content (AvgIpc) is 3.09. The molecule has 2 unspecified atom stereocenters. The van der Waals surface area contributed by atoms with Crippen molar-refractivity contribution in [3.8, 4) is 11.4 Å². The van der Waals surface area contributed by atoms with Gasteiger partial charge in [0.05, 0.1) is 12.1 Å². The first-order valence-corrected chi connectivity index (χ1v) is 7.73. The third-order valence-electron chi connectivity index (χ3n) is 3.27. The molecule has 2 N–H and O–H groups in total. The molecule has 2 heterocycles. The summed E-state index contributed by atoms with van der Waals surface area (Å²) in [6.07, 6.45) is 0.286. The van der Waals surface area contributed by atoms with Crippen LogP contribution in [0.25, 0.3) is 11.4 Å². The van der Waals surface area contributed by atoms with Gasteiger partial charge in [-0.15, -0.1) is 11.8 Å². The second kappa shape index (κ2) is 5.95. The number of nitrogens with one attached hydrogen (secondary N) is 1. The fourth-order valence-corrected chi connectivity index (χ4v) is 2.93. The molecular formula is C14H17N3O2S. The van der Waals surface area contributed by atoms with E-state index in [0.717, 1.165) is 11.3 Å². The van der Waals surface area contributed by atoms with Crippen molar-refractivity contribution in [3.05, 3.63) is 30.2 Å². The topological polar surface area (TPSA) is 71.2 Å². The Kier molecular flexibility index (Phi) is 4.05. The summed E-state index contributed by atoms with van der Waals surface area (Å²) in [7, 11) is 0. The fourth-order valence-electron chi connectivity index (χ4n) is 2.27. The van der Waals surface area contributed by atoms with Crippen molar-refractivity contribution in [2.75, 3.05) is 12.3 Å². The van der Waals surface area contributed by atoms with Gasteiger partial charge in [0.15, 0.2) is 0 Å². The van der Waals surface area contributed by atoms with Gasteiger partial charge in [0.25, 0.3) is 0 Å². The van der Waals surface area contributed by atoms with Gasteiger partial charge in [0.1, 0.15) is 0 Å². The molecular weight excluding hydrogens is 274 g/mol. The van der Waals surface area contributed by atoms with Crippen molar-refractivity contribution in [1.82, 2.24) is 15.5 Å². The molecule has 1 aliphatic rings. The lowest BCUT2D eigenvalue weighted by Crippen LogP contribution is -2.15. The number of thioether (sulfide) groups is 1. The second-order valence-corrected chi connectivity index (χ2v) is 6.10.